The minimum Gasteiger partial charge on any atom is -0.240 e. The third-order valence-corrected chi connectivity index (χ3v) is 8.32. The van der Waals surface area contributed by atoms with Gasteiger partial charge in [-0.15, -0.1) is 0 Å². The first-order chi connectivity index (χ1) is 18.3. The van der Waals surface area contributed by atoms with Gasteiger partial charge in [-0.25, -0.2) is 26.4 Å². The van der Waals surface area contributed by atoms with E-state index in [9.17, 15) is 12.8 Å². The molecule has 0 unspecified atom stereocenters. The van der Waals surface area contributed by atoms with Crippen LogP contribution in [-0.4, -0.2) is 27.2 Å². The summed E-state index contributed by atoms with van der Waals surface area (Å²) in [5, 5.41) is 4.80. The fourth-order valence-electron chi connectivity index (χ4n) is 4.57. The maximum Gasteiger partial charge on any atom is 0.270 e. The molecular formula is C30H23FN4O2S. The van der Waals surface area contributed by atoms with E-state index in [1.165, 1.54) is 16.1 Å². The lowest BCUT2D eigenvalue weighted by atomic mass is 10.1. The SMILES string of the molecule is Cc1ccc(C)c(S(=O)(=O)n2c(-c3cn(-c4ccccc4)nc3-c3ccc(F)cc3)nc3ccccc32)c1. The van der Waals surface area contributed by atoms with Crippen molar-refractivity contribution in [2.24, 2.45) is 0 Å². The third kappa shape index (κ3) is 3.99. The number of fused-ring (bicyclic) bond motifs is 1. The number of hydrogen-bond acceptors (Lipinski definition) is 4. The van der Waals surface area contributed by atoms with Gasteiger partial charge in [0.05, 0.1) is 27.2 Å². The summed E-state index contributed by atoms with van der Waals surface area (Å²) in [7, 11) is -4.06. The first-order valence-electron chi connectivity index (χ1n) is 12.0. The van der Waals surface area contributed by atoms with E-state index in [4.69, 9.17) is 10.1 Å². The average Bonchev–Trinajstić information content (AvgIpc) is 3.53. The Morgan fingerprint density at radius 1 is 0.816 bits per heavy atom. The van der Waals surface area contributed by atoms with Crippen LogP contribution in [-0.2, 0) is 10.0 Å². The second-order valence-electron chi connectivity index (χ2n) is 9.14. The third-order valence-electron chi connectivity index (χ3n) is 6.47. The number of aryl methyl sites for hydroxylation is 2. The molecule has 8 heteroatoms. The van der Waals surface area contributed by atoms with Crippen LogP contribution in [0.2, 0.25) is 0 Å². The number of halogens is 1. The lowest BCUT2D eigenvalue weighted by Crippen LogP contribution is -2.16. The minimum atomic E-state index is -4.06. The summed E-state index contributed by atoms with van der Waals surface area (Å²) < 4.78 is 45.4. The molecule has 38 heavy (non-hydrogen) atoms. The standard InChI is InChI=1S/C30H23FN4O2S/c1-20-12-13-21(2)28(18-20)38(36,37)35-27-11-7-6-10-26(27)32-30(35)25-19-34(24-8-4-3-5-9-24)33-29(25)22-14-16-23(31)17-15-22/h3-19H,1-2H3. The van der Waals surface area contributed by atoms with Gasteiger partial charge in [-0.2, -0.15) is 5.10 Å². The minimum absolute atomic E-state index is 0.209. The number of benzene rings is 4. The molecule has 0 N–H and O–H groups in total. The Labute approximate surface area is 219 Å². The quantitative estimate of drug-likeness (QED) is 0.258. The van der Waals surface area contributed by atoms with Crippen molar-refractivity contribution < 1.29 is 12.8 Å². The van der Waals surface area contributed by atoms with E-state index in [1.54, 1.807) is 60.3 Å². The van der Waals surface area contributed by atoms with Crippen molar-refractivity contribution >= 4 is 21.1 Å². The van der Waals surface area contributed by atoms with E-state index < -0.39 is 10.0 Å². The highest BCUT2D eigenvalue weighted by atomic mass is 32.2. The van der Waals surface area contributed by atoms with Crippen LogP contribution in [0.4, 0.5) is 4.39 Å². The molecule has 4 aromatic carbocycles. The number of hydrogen-bond donors (Lipinski definition) is 0. The zero-order valence-electron chi connectivity index (χ0n) is 20.7. The first-order valence-corrected chi connectivity index (χ1v) is 13.5. The number of aromatic nitrogens is 4. The fourth-order valence-corrected chi connectivity index (χ4v) is 6.36. The highest BCUT2D eigenvalue weighted by Crippen LogP contribution is 2.36. The number of nitrogens with zero attached hydrogens (tertiary/aromatic N) is 4. The molecule has 6 aromatic rings. The van der Waals surface area contributed by atoms with Crippen molar-refractivity contribution in [1.82, 2.24) is 18.7 Å². The smallest absolute Gasteiger partial charge is 0.240 e. The summed E-state index contributed by atoms with van der Waals surface area (Å²) in [6, 6.07) is 28.0. The van der Waals surface area contributed by atoms with Crippen LogP contribution in [0.3, 0.4) is 0 Å². The molecule has 0 amide bonds. The fraction of sp³-hybridized carbons (Fsp3) is 0.0667. The zero-order valence-corrected chi connectivity index (χ0v) is 21.5. The van der Waals surface area contributed by atoms with Crippen LogP contribution in [0.15, 0.2) is 108 Å². The van der Waals surface area contributed by atoms with Gasteiger partial charge in [-0.1, -0.05) is 42.5 Å². The number of para-hydroxylation sites is 3. The predicted molar refractivity (Wildman–Crippen MR) is 146 cm³/mol. The molecule has 2 aromatic heterocycles. The van der Waals surface area contributed by atoms with Crippen molar-refractivity contribution in [3.05, 3.63) is 120 Å². The van der Waals surface area contributed by atoms with Gasteiger partial charge in [0.25, 0.3) is 10.0 Å². The average molecular weight is 523 g/mol. The van der Waals surface area contributed by atoms with Gasteiger partial charge >= 0.3 is 0 Å². The van der Waals surface area contributed by atoms with Gasteiger partial charge in [-0.3, -0.25) is 0 Å². The highest BCUT2D eigenvalue weighted by Gasteiger charge is 2.29. The van der Waals surface area contributed by atoms with Crippen molar-refractivity contribution in [1.29, 1.82) is 0 Å². The topological polar surface area (TPSA) is 69.8 Å². The van der Waals surface area contributed by atoms with Crippen LogP contribution in [0.5, 0.6) is 0 Å². The highest BCUT2D eigenvalue weighted by molar-refractivity contribution is 7.90. The zero-order chi connectivity index (χ0) is 26.4. The Bertz CT molecular complexity index is 1910. The molecule has 0 bridgehead atoms. The molecular weight excluding hydrogens is 499 g/mol. The molecule has 0 fully saturated rings. The van der Waals surface area contributed by atoms with Gasteiger partial charge < -0.3 is 0 Å². The molecule has 0 radical (unpaired) electrons. The summed E-state index contributed by atoms with van der Waals surface area (Å²) in [6.45, 7) is 3.64. The van der Waals surface area contributed by atoms with Crippen LogP contribution < -0.4 is 0 Å². The molecule has 6 nitrogen and oxygen atoms in total. The molecule has 0 saturated heterocycles. The van der Waals surface area contributed by atoms with Gasteiger partial charge in [-0.05, 0) is 79.6 Å². The molecule has 0 aliphatic heterocycles. The molecule has 2 heterocycles. The normalized spacial score (nSPS) is 11.8. The second-order valence-corrected chi connectivity index (χ2v) is 10.9. The molecule has 0 saturated carbocycles. The number of imidazole rings is 1. The Morgan fingerprint density at radius 2 is 1.53 bits per heavy atom. The Balaban J connectivity index is 1.68. The van der Waals surface area contributed by atoms with Crippen LogP contribution >= 0.6 is 0 Å². The summed E-state index contributed by atoms with van der Waals surface area (Å²) in [4.78, 5) is 5.00. The Kier molecular flexibility index (Phi) is 5.69. The molecule has 188 valence electrons. The van der Waals surface area contributed by atoms with Crippen molar-refractivity contribution in [2.75, 3.05) is 0 Å². The maximum absolute atomic E-state index is 14.3. The van der Waals surface area contributed by atoms with E-state index in [0.29, 0.717) is 33.4 Å². The van der Waals surface area contributed by atoms with E-state index in [0.717, 1.165) is 11.3 Å². The molecule has 0 aliphatic rings. The van der Waals surface area contributed by atoms with Gasteiger partial charge in [0.1, 0.15) is 11.5 Å². The van der Waals surface area contributed by atoms with E-state index in [1.807, 2.05) is 49.4 Å². The first kappa shape index (κ1) is 23.8. The van der Waals surface area contributed by atoms with E-state index >= 15 is 0 Å². The van der Waals surface area contributed by atoms with Gasteiger partial charge in [0.2, 0.25) is 0 Å². The van der Waals surface area contributed by atoms with Gasteiger partial charge in [0, 0.05) is 11.8 Å². The predicted octanol–water partition coefficient (Wildman–Crippen LogP) is 6.55. The molecule has 0 aliphatic carbocycles. The summed E-state index contributed by atoms with van der Waals surface area (Å²) >= 11 is 0. The summed E-state index contributed by atoms with van der Waals surface area (Å²) in [6.07, 6.45) is 1.77. The lowest BCUT2D eigenvalue weighted by Gasteiger charge is -2.13. The molecule has 0 atom stereocenters. The monoisotopic (exact) mass is 522 g/mol. The van der Waals surface area contributed by atoms with Crippen LogP contribution in [0.1, 0.15) is 11.1 Å². The second kappa shape index (κ2) is 9.08. The lowest BCUT2D eigenvalue weighted by molar-refractivity contribution is 0.588. The largest absolute Gasteiger partial charge is 0.270 e. The van der Waals surface area contributed by atoms with Crippen molar-refractivity contribution in [2.45, 2.75) is 18.7 Å². The Hall–Kier alpha value is -4.56. The van der Waals surface area contributed by atoms with Crippen LogP contribution in [0.25, 0.3) is 39.4 Å². The van der Waals surface area contributed by atoms with Crippen LogP contribution in [0, 0.1) is 19.7 Å². The summed E-state index contributed by atoms with van der Waals surface area (Å²) in [5.74, 6) is -0.142. The van der Waals surface area contributed by atoms with Gasteiger partial charge in [0.15, 0.2) is 5.82 Å². The van der Waals surface area contributed by atoms with Crippen molar-refractivity contribution in [3.8, 4) is 28.3 Å². The molecule has 0 spiro atoms. The number of rotatable bonds is 5. The Morgan fingerprint density at radius 3 is 2.29 bits per heavy atom. The van der Waals surface area contributed by atoms with E-state index in [-0.39, 0.29) is 16.5 Å². The maximum atomic E-state index is 14.3. The van der Waals surface area contributed by atoms with E-state index in [2.05, 4.69) is 0 Å². The molecule has 6 rings (SSSR count). The summed E-state index contributed by atoms with van der Waals surface area (Å²) in [5.41, 5.74) is 4.89. The van der Waals surface area contributed by atoms with Crippen molar-refractivity contribution in [3.63, 3.8) is 0 Å².